The first kappa shape index (κ1) is 17.1. The number of rotatable bonds is 5. The highest BCUT2D eigenvalue weighted by Crippen LogP contribution is 2.25. The van der Waals surface area contributed by atoms with Crippen LogP contribution in [-0.2, 0) is 11.2 Å². The highest BCUT2D eigenvalue weighted by atomic mass is 16.3. The summed E-state index contributed by atoms with van der Waals surface area (Å²) >= 11 is 0. The highest BCUT2D eigenvalue weighted by molar-refractivity contribution is 6.01. The van der Waals surface area contributed by atoms with Crippen LogP contribution < -0.4 is 5.32 Å². The Morgan fingerprint density at radius 3 is 2.62 bits per heavy atom. The maximum Gasteiger partial charge on any atom is 0.261 e. The van der Waals surface area contributed by atoms with Crippen LogP contribution in [0.15, 0.2) is 48.0 Å². The molecule has 0 heterocycles. The molecule has 0 saturated carbocycles. The lowest BCUT2D eigenvalue weighted by Gasteiger charge is -2.07. The number of phenolic OH excluding ortho intramolecular Hbond substituents is 2. The zero-order valence-electron chi connectivity index (χ0n) is 13.3. The number of hydrogen-bond acceptors (Lipinski definition) is 4. The summed E-state index contributed by atoms with van der Waals surface area (Å²) in [6.45, 7) is 2.43. The predicted molar refractivity (Wildman–Crippen MR) is 91.3 cm³/mol. The van der Waals surface area contributed by atoms with Gasteiger partial charge in [-0.25, -0.2) is 0 Å². The first-order valence-corrected chi connectivity index (χ1v) is 7.47. The molecule has 0 atom stereocenters. The van der Waals surface area contributed by atoms with E-state index in [0.717, 1.165) is 11.1 Å². The molecule has 0 aliphatic rings. The lowest BCUT2D eigenvalue weighted by molar-refractivity contribution is -0.117. The number of carbonyl (C=O) groups is 1. The molecule has 0 saturated heterocycles. The predicted octanol–water partition coefficient (Wildman–Crippen LogP) is 2.67. The fourth-order valence-corrected chi connectivity index (χ4v) is 2.24. The minimum Gasteiger partial charge on any atom is -0.504 e. The first-order chi connectivity index (χ1) is 11.5. The maximum absolute atomic E-state index is 12.1. The molecule has 0 unspecified atom stereocenters. The Hall–Kier alpha value is -3.26. The third-order valence-electron chi connectivity index (χ3n) is 3.62. The third kappa shape index (κ3) is 4.37. The summed E-state index contributed by atoms with van der Waals surface area (Å²) in [5.74, 6) is -1.03. The van der Waals surface area contributed by atoms with Crippen molar-refractivity contribution in [3.8, 4) is 17.6 Å². The number of nitriles is 1. The van der Waals surface area contributed by atoms with Gasteiger partial charge in [0.15, 0.2) is 11.5 Å². The summed E-state index contributed by atoms with van der Waals surface area (Å²) < 4.78 is 0. The molecular formula is C19H18N2O3. The molecule has 0 radical (unpaired) electrons. The Morgan fingerprint density at radius 1 is 1.21 bits per heavy atom. The van der Waals surface area contributed by atoms with Crippen molar-refractivity contribution in [2.24, 2.45) is 0 Å². The van der Waals surface area contributed by atoms with E-state index in [2.05, 4.69) is 5.32 Å². The average Bonchev–Trinajstić information content (AvgIpc) is 2.57. The van der Waals surface area contributed by atoms with E-state index in [1.54, 1.807) is 0 Å². The highest BCUT2D eigenvalue weighted by Gasteiger charge is 2.09. The summed E-state index contributed by atoms with van der Waals surface area (Å²) in [7, 11) is 0. The van der Waals surface area contributed by atoms with Gasteiger partial charge in [-0.15, -0.1) is 0 Å². The summed E-state index contributed by atoms with van der Waals surface area (Å²) in [4.78, 5) is 12.1. The van der Waals surface area contributed by atoms with E-state index in [-0.39, 0.29) is 17.1 Å². The van der Waals surface area contributed by atoms with Crippen molar-refractivity contribution in [3.63, 3.8) is 0 Å². The normalized spacial score (nSPS) is 10.9. The van der Waals surface area contributed by atoms with E-state index in [4.69, 9.17) is 5.26 Å². The summed E-state index contributed by atoms with van der Waals surface area (Å²) in [6.07, 6.45) is 2.04. The average molecular weight is 322 g/mol. The number of nitrogens with one attached hydrogen (secondary N) is 1. The minimum atomic E-state index is -0.473. The smallest absolute Gasteiger partial charge is 0.261 e. The van der Waals surface area contributed by atoms with E-state index >= 15 is 0 Å². The second-order valence-corrected chi connectivity index (χ2v) is 5.35. The van der Waals surface area contributed by atoms with Crippen molar-refractivity contribution >= 4 is 12.0 Å². The number of hydrogen-bond donors (Lipinski definition) is 3. The summed E-state index contributed by atoms with van der Waals surface area (Å²) in [5.41, 5.74) is 2.69. The molecule has 122 valence electrons. The minimum absolute atomic E-state index is 0.0649. The summed E-state index contributed by atoms with van der Waals surface area (Å²) in [6, 6.07) is 13.9. The fraction of sp³-hybridized carbons (Fsp3) is 0.158. The molecule has 0 fully saturated rings. The fourth-order valence-electron chi connectivity index (χ4n) is 2.24. The van der Waals surface area contributed by atoms with Crippen molar-refractivity contribution < 1.29 is 15.0 Å². The van der Waals surface area contributed by atoms with Gasteiger partial charge in [0.25, 0.3) is 5.91 Å². The molecule has 0 aliphatic heterocycles. The van der Waals surface area contributed by atoms with Crippen molar-refractivity contribution in [2.75, 3.05) is 6.54 Å². The van der Waals surface area contributed by atoms with Gasteiger partial charge >= 0.3 is 0 Å². The molecule has 5 nitrogen and oxygen atoms in total. The van der Waals surface area contributed by atoms with Crippen LogP contribution >= 0.6 is 0 Å². The van der Waals surface area contributed by atoms with Crippen molar-refractivity contribution in [2.45, 2.75) is 13.3 Å². The molecule has 1 amide bonds. The standard InChI is InChI=1S/C19H18N2O3/c1-13-4-2-3-5-15(13)8-9-21-19(24)16(12-20)10-14-6-7-17(22)18(23)11-14/h2-7,10-11,22-23H,8-9H2,1H3,(H,21,24)/b16-10+. The molecule has 24 heavy (non-hydrogen) atoms. The van der Waals surface area contributed by atoms with Gasteiger partial charge in [-0.3, -0.25) is 4.79 Å². The van der Waals surface area contributed by atoms with Crippen molar-refractivity contribution in [1.82, 2.24) is 5.32 Å². The molecule has 0 aromatic heterocycles. The molecule has 2 aromatic carbocycles. The molecule has 5 heteroatoms. The second kappa shape index (κ2) is 7.84. The van der Waals surface area contributed by atoms with Crippen LogP contribution in [0.3, 0.4) is 0 Å². The van der Waals surface area contributed by atoms with Crippen LogP contribution in [0.4, 0.5) is 0 Å². The number of aromatic hydroxyl groups is 2. The van der Waals surface area contributed by atoms with E-state index < -0.39 is 5.91 Å². The van der Waals surface area contributed by atoms with E-state index in [1.807, 2.05) is 37.3 Å². The topological polar surface area (TPSA) is 93.4 Å². The Kier molecular flexibility index (Phi) is 5.58. The summed E-state index contributed by atoms with van der Waals surface area (Å²) in [5, 5.41) is 30.6. The van der Waals surface area contributed by atoms with Gasteiger partial charge in [0, 0.05) is 6.54 Å². The van der Waals surface area contributed by atoms with Crippen LogP contribution in [0.1, 0.15) is 16.7 Å². The monoisotopic (exact) mass is 322 g/mol. The van der Waals surface area contributed by atoms with Gasteiger partial charge in [0.2, 0.25) is 0 Å². The molecule has 0 spiro atoms. The van der Waals surface area contributed by atoms with Crippen molar-refractivity contribution in [3.05, 3.63) is 64.7 Å². The van der Waals surface area contributed by atoms with E-state index in [9.17, 15) is 15.0 Å². The number of amides is 1. The number of aryl methyl sites for hydroxylation is 1. The van der Waals surface area contributed by atoms with Gasteiger partial charge in [-0.1, -0.05) is 30.3 Å². The largest absolute Gasteiger partial charge is 0.504 e. The van der Waals surface area contributed by atoms with Crippen LogP contribution in [0, 0.1) is 18.3 Å². The van der Waals surface area contributed by atoms with Crippen LogP contribution in [0.25, 0.3) is 6.08 Å². The lowest BCUT2D eigenvalue weighted by Crippen LogP contribution is -2.26. The number of nitrogens with zero attached hydrogens (tertiary/aromatic N) is 1. The third-order valence-corrected chi connectivity index (χ3v) is 3.62. The molecule has 0 aliphatic carbocycles. The first-order valence-electron chi connectivity index (χ1n) is 7.47. The Bertz CT molecular complexity index is 820. The van der Waals surface area contributed by atoms with Gasteiger partial charge in [-0.2, -0.15) is 5.26 Å². The van der Waals surface area contributed by atoms with Crippen LogP contribution in [-0.4, -0.2) is 22.7 Å². The number of phenols is 2. The van der Waals surface area contributed by atoms with Gasteiger partial charge in [0.1, 0.15) is 11.6 Å². The Labute approximate surface area is 140 Å². The van der Waals surface area contributed by atoms with Crippen LogP contribution in [0.2, 0.25) is 0 Å². The number of benzene rings is 2. The molecule has 3 N–H and O–H groups in total. The molecular weight excluding hydrogens is 304 g/mol. The number of carbonyl (C=O) groups excluding carboxylic acids is 1. The van der Waals surface area contributed by atoms with Gasteiger partial charge < -0.3 is 15.5 Å². The molecule has 0 bridgehead atoms. The second-order valence-electron chi connectivity index (χ2n) is 5.35. The Morgan fingerprint density at radius 2 is 1.96 bits per heavy atom. The van der Waals surface area contributed by atoms with E-state index in [1.165, 1.54) is 24.3 Å². The van der Waals surface area contributed by atoms with Crippen molar-refractivity contribution in [1.29, 1.82) is 5.26 Å². The maximum atomic E-state index is 12.1. The van der Waals surface area contributed by atoms with Gasteiger partial charge in [0.05, 0.1) is 0 Å². The molecule has 2 rings (SSSR count). The Balaban J connectivity index is 2.01. The zero-order valence-corrected chi connectivity index (χ0v) is 13.3. The lowest BCUT2D eigenvalue weighted by atomic mass is 10.1. The van der Waals surface area contributed by atoms with Crippen LogP contribution in [0.5, 0.6) is 11.5 Å². The quantitative estimate of drug-likeness (QED) is 0.448. The zero-order chi connectivity index (χ0) is 17.5. The SMILES string of the molecule is Cc1ccccc1CCNC(=O)/C(C#N)=C/c1ccc(O)c(O)c1. The van der Waals surface area contributed by atoms with E-state index in [0.29, 0.717) is 18.5 Å². The van der Waals surface area contributed by atoms with Gasteiger partial charge in [-0.05, 0) is 48.2 Å². The molecule has 2 aromatic rings.